The highest BCUT2D eigenvalue weighted by Gasteiger charge is 2.19. The Labute approximate surface area is 260 Å². The van der Waals surface area contributed by atoms with Gasteiger partial charge in [-0.25, -0.2) is 4.79 Å². The molecule has 1 fully saturated rings. The molecule has 0 bridgehead atoms. The second kappa shape index (κ2) is 13.9. The Hall–Kier alpha value is -4.38. The van der Waals surface area contributed by atoms with Gasteiger partial charge in [0.1, 0.15) is 19.0 Å². The molecule has 3 heterocycles. The van der Waals surface area contributed by atoms with Crippen LogP contribution in [0.15, 0.2) is 95.1 Å². The van der Waals surface area contributed by atoms with Gasteiger partial charge in [0.2, 0.25) is 0 Å². The summed E-state index contributed by atoms with van der Waals surface area (Å²) in [6.07, 6.45) is 0.664. The summed E-state index contributed by atoms with van der Waals surface area (Å²) in [5.74, 6) is 0.639. The van der Waals surface area contributed by atoms with E-state index in [0.717, 1.165) is 61.6 Å². The van der Waals surface area contributed by atoms with Gasteiger partial charge in [-0.05, 0) is 72.1 Å². The third-order valence-corrected chi connectivity index (χ3v) is 8.88. The smallest absolute Gasteiger partial charge is 0.433 e. The quantitative estimate of drug-likeness (QED) is 0.131. The molecular formula is C34H36N4O5S. The molecule has 1 amide bonds. The van der Waals surface area contributed by atoms with Crippen molar-refractivity contribution < 1.29 is 19.5 Å². The van der Waals surface area contributed by atoms with Crippen LogP contribution in [0.2, 0.25) is 0 Å². The second-order valence-corrected chi connectivity index (χ2v) is 11.8. The number of thiophene rings is 1. The Morgan fingerprint density at radius 1 is 0.909 bits per heavy atom. The van der Waals surface area contributed by atoms with Crippen LogP contribution in [0.3, 0.4) is 0 Å². The standard InChI is InChI=1S/C34H36N4O5S/c39-33-14-12-27-11-13-28(23-31(27)37(33)25-38(34(40)41)43-24-26-7-2-1-3-8-26)42-21-5-4-16-35-17-19-36(20-18-35)30-9-6-10-32-29(30)15-22-44-32/h1-3,6-15,22-23H,4-5,16-21,24-25H2,(H,40,41). The van der Waals surface area contributed by atoms with Crippen LogP contribution in [-0.4, -0.2) is 65.1 Å². The van der Waals surface area contributed by atoms with Gasteiger partial charge in [0.15, 0.2) is 0 Å². The molecule has 9 nitrogen and oxygen atoms in total. The zero-order chi connectivity index (χ0) is 30.3. The molecule has 228 valence electrons. The molecule has 0 unspecified atom stereocenters. The maximum Gasteiger partial charge on any atom is 0.433 e. The largest absolute Gasteiger partial charge is 0.494 e. The lowest BCUT2D eigenvalue weighted by atomic mass is 10.2. The van der Waals surface area contributed by atoms with Gasteiger partial charge < -0.3 is 14.7 Å². The average Bonchev–Trinajstić information content (AvgIpc) is 3.54. The minimum absolute atomic E-state index is 0.0718. The van der Waals surface area contributed by atoms with E-state index in [0.29, 0.717) is 17.9 Å². The molecule has 0 atom stereocenters. The van der Waals surface area contributed by atoms with E-state index in [1.54, 1.807) is 23.5 Å². The van der Waals surface area contributed by atoms with Crippen LogP contribution in [0.25, 0.3) is 21.0 Å². The van der Waals surface area contributed by atoms with Crippen molar-refractivity contribution in [3.8, 4) is 5.75 Å². The van der Waals surface area contributed by atoms with Crippen LogP contribution in [0.5, 0.6) is 5.75 Å². The molecule has 2 aromatic heterocycles. The Bertz CT molecular complexity index is 1760. The lowest BCUT2D eigenvalue weighted by Gasteiger charge is -2.36. The van der Waals surface area contributed by atoms with Crippen molar-refractivity contribution in [2.75, 3.05) is 44.2 Å². The van der Waals surface area contributed by atoms with Crippen LogP contribution in [-0.2, 0) is 18.1 Å². The number of benzene rings is 3. The molecular weight excluding hydrogens is 576 g/mol. The molecule has 0 saturated carbocycles. The second-order valence-electron chi connectivity index (χ2n) is 10.9. The normalized spacial score (nSPS) is 13.9. The first-order valence-corrected chi connectivity index (χ1v) is 15.8. The molecule has 6 rings (SSSR count). The summed E-state index contributed by atoms with van der Waals surface area (Å²) in [6.45, 7) is 5.55. The Morgan fingerprint density at radius 2 is 1.73 bits per heavy atom. The monoisotopic (exact) mass is 612 g/mol. The third kappa shape index (κ3) is 7.05. The number of piperazine rings is 1. The molecule has 10 heteroatoms. The summed E-state index contributed by atoms with van der Waals surface area (Å²) in [5, 5.41) is 14.8. The number of nitrogens with zero attached hydrogens (tertiary/aromatic N) is 4. The fourth-order valence-corrected chi connectivity index (χ4v) is 6.42. The van der Waals surface area contributed by atoms with E-state index in [-0.39, 0.29) is 18.8 Å². The zero-order valence-electron chi connectivity index (χ0n) is 24.5. The summed E-state index contributed by atoms with van der Waals surface area (Å²) < 4.78 is 8.79. The fraction of sp³-hybridized carbons (Fsp3) is 0.294. The Morgan fingerprint density at radius 3 is 2.55 bits per heavy atom. The molecule has 1 saturated heterocycles. The number of ether oxygens (including phenoxy) is 1. The number of carbonyl (C=O) groups is 1. The number of rotatable bonds is 12. The van der Waals surface area contributed by atoms with Gasteiger partial charge in [0, 0.05) is 54.1 Å². The molecule has 3 aromatic carbocycles. The van der Waals surface area contributed by atoms with E-state index in [4.69, 9.17) is 9.57 Å². The first kappa shape index (κ1) is 29.7. The maximum absolute atomic E-state index is 12.8. The van der Waals surface area contributed by atoms with Crippen molar-refractivity contribution in [2.24, 2.45) is 0 Å². The molecule has 1 aliphatic heterocycles. The highest BCUT2D eigenvalue weighted by Crippen LogP contribution is 2.31. The number of carboxylic acid groups (broad SMARTS) is 1. The molecule has 0 radical (unpaired) electrons. The van der Waals surface area contributed by atoms with E-state index in [9.17, 15) is 14.7 Å². The number of unbranched alkanes of at least 4 members (excludes halogenated alkanes) is 1. The van der Waals surface area contributed by atoms with Crippen molar-refractivity contribution in [3.05, 3.63) is 106 Å². The van der Waals surface area contributed by atoms with Crippen molar-refractivity contribution >= 4 is 44.1 Å². The minimum atomic E-state index is -1.28. The predicted octanol–water partition coefficient (Wildman–Crippen LogP) is 6.27. The number of hydrogen-bond acceptors (Lipinski definition) is 7. The van der Waals surface area contributed by atoms with Crippen LogP contribution in [0, 0.1) is 0 Å². The highest BCUT2D eigenvalue weighted by atomic mass is 32.1. The van der Waals surface area contributed by atoms with Gasteiger partial charge in [0.05, 0.1) is 12.1 Å². The predicted molar refractivity (Wildman–Crippen MR) is 175 cm³/mol. The molecule has 0 aliphatic carbocycles. The van der Waals surface area contributed by atoms with Crippen LogP contribution in [0.4, 0.5) is 10.5 Å². The van der Waals surface area contributed by atoms with E-state index in [2.05, 4.69) is 39.4 Å². The Balaban J connectivity index is 1.00. The van der Waals surface area contributed by atoms with Gasteiger partial charge in [-0.3, -0.25) is 19.1 Å². The SMILES string of the molecule is O=C(O)N(Cn1c(=O)ccc2ccc(OCCCCN3CCN(c4cccc5sccc45)CC3)cc21)OCc1ccccc1. The molecule has 1 aliphatic rings. The van der Waals surface area contributed by atoms with E-state index >= 15 is 0 Å². The number of pyridine rings is 1. The zero-order valence-corrected chi connectivity index (χ0v) is 25.3. The van der Waals surface area contributed by atoms with E-state index in [1.165, 1.54) is 26.4 Å². The summed E-state index contributed by atoms with van der Waals surface area (Å²) >= 11 is 1.79. The van der Waals surface area contributed by atoms with Crippen molar-refractivity contribution in [2.45, 2.75) is 26.1 Å². The number of amides is 1. The summed E-state index contributed by atoms with van der Waals surface area (Å²) in [4.78, 5) is 35.3. The first-order chi connectivity index (χ1) is 21.5. The first-order valence-electron chi connectivity index (χ1n) is 14.9. The van der Waals surface area contributed by atoms with Gasteiger partial charge in [-0.2, -0.15) is 5.06 Å². The minimum Gasteiger partial charge on any atom is -0.494 e. The van der Waals surface area contributed by atoms with Gasteiger partial charge in [0.25, 0.3) is 5.56 Å². The van der Waals surface area contributed by atoms with Crippen LogP contribution in [0.1, 0.15) is 18.4 Å². The maximum atomic E-state index is 12.8. The molecule has 5 aromatic rings. The van der Waals surface area contributed by atoms with Crippen molar-refractivity contribution in [3.63, 3.8) is 0 Å². The number of anilines is 1. The van der Waals surface area contributed by atoms with Gasteiger partial charge in [-0.15, -0.1) is 11.3 Å². The van der Waals surface area contributed by atoms with Gasteiger partial charge in [-0.1, -0.05) is 36.4 Å². The number of fused-ring (bicyclic) bond motifs is 2. The van der Waals surface area contributed by atoms with Crippen LogP contribution < -0.4 is 15.2 Å². The van der Waals surface area contributed by atoms with Crippen LogP contribution >= 0.6 is 11.3 Å². The fourth-order valence-electron chi connectivity index (χ4n) is 5.61. The summed E-state index contributed by atoms with van der Waals surface area (Å²) in [6, 6.07) is 26.8. The molecule has 44 heavy (non-hydrogen) atoms. The lowest BCUT2D eigenvalue weighted by molar-refractivity contribution is -0.159. The topological polar surface area (TPSA) is 87.5 Å². The summed E-state index contributed by atoms with van der Waals surface area (Å²) in [7, 11) is 0. The van der Waals surface area contributed by atoms with E-state index in [1.807, 2.05) is 42.5 Å². The summed E-state index contributed by atoms with van der Waals surface area (Å²) in [5.41, 5.74) is 2.43. The van der Waals surface area contributed by atoms with Crippen molar-refractivity contribution in [1.82, 2.24) is 14.5 Å². The van der Waals surface area contributed by atoms with Crippen molar-refractivity contribution in [1.29, 1.82) is 0 Å². The molecule has 1 N–H and O–H groups in total. The van der Waals surface area contributed by atoms with Gasteiger partial charge >= 0.3 is 6.09 Å². The highest BCUT2D eigenvalue weighted by molar-refractivity contribution is 7.17. The number of aromatic nitrogens is 1. The third-order valence-electron chi connectivity index (χ3n) is 8.00. The number of hydroxylamine groups is 2. The average molecular weight is 613 g/mol. The molecule has 0 spiro atoms. The van der Waals surface area contributed by atoms with E-state index < -0.39 is 6.09 Å². The number of hydrogen-bond donors (Lipinski definition) is 1. The Kier molecular flexibility index (Phi) is 9.40. The lowest BCUT2D eigenvalue weighted by Crippen LogP contribution is -2.46.